The molecule has 1 nitrogen and oxygen atoms in total. The molecular formula is C9H17N. The summed E-state index contributed by atoms with van der Waals surface area (Å²) in [4.78, 5) is 4.26. The molecular weight excluding hydrogens is 122 g/mol. The second-order valence-electron chi connectivity index (χ2n) is 2.23. The first kappa shape index (κ1) is 9.41. The average Bonchev–Trinajstić information content (AvgIpc) is 1.91. The van der Waals surface area contributed by atoms with E-state index in [1.165, 1.54) is 17.8 Å². The molecule has 0 bridgehead atoms. The fraction of sp³-hybridized carbons (Fsp3) is 0.667. The summed E-state index contributed by atoms with van der Waals surface area (Å²) in [5, 5.41) is 0. The molecule has 58 valence electrons. The SMILES string of the molecule is CC.CC1=CCCC(C)=N1. The smallest absolute Gasteiger partial charge is 0.0332 e. The van der Waals surface area contributed by atoms with Gasteiger partial charge in [0.1, 0.15) is 0 Å². The molecule has 0 aromatic carbocycles. The summed E-state index contributed by atoms with van der Waals surface area (Å²) in [6.45, 7) is 8.12. The maximum Gasteiger partial charge on any atom is 0.0332 e. The van der Waals surface area contributed by atoms with Crippen LogP contribution in [0.15, 0.2) is 16.8 Å². The van der Waals surface area contributed by atoms with Gasteiger partial charge in [-0.1, -0.05) is 19.9 Å². The van der Waals surface area contributed by atoms with Crippen molar-refractivity contribution in [2.75, 3.05) is 0 Å². The summed E-state index contributed by atoms with van der Waals surface area (Å²) in [5.41, 5.74) is 2.44. The van der Waals surface area contributed by atoms with Crippen molar-refractivity contribution >= 4 is 5.71 Å². The molecule has 0 N–H and O–H groups in total. The number of rotatable bonds is 0. The minimum absolute atomic E-state index is 1.15. The summed E-state index contributed by atoms with van der Waals surface area (Å²) in [5.74, 6) is 0. The van der Waals surface area contributed by atoms with E-state index in [0.29, 0.717) is 0 Å². The summed E-state index contributed by atoms with van der Waals surface area (Å²) in [6.07, 6.45) is 4.51. The van der Waals surface area contributed by atoms with Gasteiger partial charge in [-0.3, -0.25) is 4.99 Å². The highest BCUT2D eigenvalue weighted by Gasteiger charge is 1.96. The van der Waals surface area contributed by atoms with E-state index >= 15 is 0 Å². The number of hydrogen-bond donors (Lipinski definition) is 0. The van der Waals surface area contributed by atoms with Crippen molar-refractivity contribution < 1.29 is 0 Å². The van der Waals surface area contributed by atoms with Crippen molar-refractivity contribution in [3.63, 3.8) is 0 Å². The van der Waals surface area contributed by atoms with Gasteiger partial charge in [0, 0.05) is 11.4 Å². The Labute approximate surface area is 63.9 Å². The number of hydrogen-bond acceptors (Lipinski definition) is 1. The van der Waals surface area contributed by atoms with Gasteiger partial charge in [-0.2, -0.15) is 0 Å². The molecule has 0 amide bonds. The zero-order chi connectivity index (χ0) is 7.98. The van der Waals surface area contributed by atoms with Crippen LogP contribution in [0, 0.1) is 0 Å². The van der Waals surface area contributed by atoms with E-state index < -0.39 is 0 Å². The van der Waals surface area contributed by atoms with Crippen molar-refractivity contribution in [3.8, 4) is 0 Å². The minimum Gasteiger partial charge on any atom is -0.263 e. The molecule has 0 saturated heterocycles. The second-order valence-corrected chi connectivity index (χ2v) is 2.23. The lowest BCUT2D eigenvalue weighted by atomic mass is 10.1. The predicted octanol–water partition coefficient (Wildman–Crippen LogP) is 3.17. The lowest BCUT2D eigenvalue weighted by Gasteiger charge is -2.03. The first-order valence-corrected chi connectivity index (χ1v) is 4.00. The first-order valence-electron chi connectivity index (χ1n) is 4.00. The maximum atomic E-state index is 4.26. The van der Waals surface area contributed by atoms with Crippen molar-refractivity contribution in [1.29, 1.82) is 0 Å². The summed E-state index contributed by atoms with van der Waals surface area (Å²) in [7, 11) is 0. The van der Waals surface area contributed by atoms with Gasteiger partial charge in [0.2, 0.25) is 0 Å². The van der Waals surface area contributed by atoms with Crippen LogP contribution in [0.3, 0.4) is 0 Å². The Morgan fingerprint density at radius 3 is 2.20 bits per heavy atom. The molecule has 0 atom stereocenters. The molecule has 0 spiro atoms. The van der Waals surface area contributed by atoms with Gasteiger partial charge in [0.15, 0.2) is 0 Å². The van der Waals surface area contributed by atoms with Gasteiger partial charge < -0.3 is 0 Å². The van der Waals surface area contributed by atoms with Gasteiger partial charge in [-0.15, -0.1) is 0 Å². The molecule has 1 aliphatic heterocycles. The van der Waals surface area contributed by atoms with Crippen LogP contribution in [0.5, 0.6) is 0 Å². The topological polar surface area (TPSA) is 12.4 Å². The molecule has 10 heavy (non-hydrogen) atoms. The summed E-state index contributed by atoms with van der Waals surface area (Å²) < 4.78 is 0. The largest absolute Gasteiger partial charge is 0.263 e. The van der Waals surface area contributed by atoms with Crippen LogP contribution in [0.2, 0.25) is 0 Å². The van der Waals surface area contributed by atoms with Crippen LogP contribution in [-0.2, 0) is 0 Å². The highest BCUT2D eigenvalue weighted by atomic mass is 14.7. The molecule has 1 heteroatoms. The Bertz CT molecular complexity index is 143. The van der Waals surface area contributed by atoms with Crippen LogP contribution >= 0.6 is 0 Å². The van der Waals surface area contributed by atoms with E-state index in [1.807, 2.05) is 20.8 Å². The van der Waals surface area contributed by atoms with Crippen LogP contribution in [-0.4, -0.2) is 5.71 Å². The predicted molar refractivity (Wildman–Crippen MR) is 47.4 cm³/mol. The Kier molecular flexibility index (Phi) is 4.91. The number of allylic oxidation sites excluding steroid dienone is 2. The summed E-state index contributed by atoms with van der Waals surface area (Å²) in [6, 6.07) is 0. The zero-order valence-electron chi connectivity index (χ0n) is 7.44. The maximum absolute atomic E-state index is 4.26. The highest BCUT2D eigenvalue weighted by Crippen LogP contribution is 2.08. The normalized spacial score (nSPS) is 16.4. The third kappa shape index (κ3) is 3.44. The van der Waals surface area contributed by atoms with E-state index in [1.54, 1.807) is 0 Å². The molecule has 0 saturated carbocycles. The second kappa shape index (κ2) is 5.21. The average molecular weight is 139 g/mol. The van der Waals surface area contributed by atoms with Crippen LogP contribution in [0.4, 0.5) is 0 Å². The molecule has 1 rings (SSSR count). The van der Waals surface area contributed by atoms with Crippen molar-refractivity contribution in [1.82, 2.24) is 0 Å². The van der Waals surface area contributed by atoms with Gasteiger partial charge in [0.05, 0.1) is 0 Å². The number of nitrogens with zero attached hydrogens (tertiary/aromatic N) is 1. The lowest BCUT2D eigenvalue weighted by molar-refractivity contribution is 1.01. The fourth-order valence-electron chi connectivity index (χ4n) is 0.893. The van der Waals surface area contributed by atoms with Gasteiger partial charge in [-0.05, 0) is 26.7 Å². The molecule has 0 aromatic heterocycles. The van der Waals surface area contributed by atoms with Crippen LogP contribution in [0.25, 0.3) is 0 Å². The Morgan fingerprint density at radius 2 is 1.90 bits per heavy atom. The van der Waals surface area contributed by atoms with Crippen molar-refractivity contribution in [2.45, 2.75) is 40.5 Å². The first-order chi connectivity index (χ1) is 4.79. The van der Waals surface area contributed by atoms with E-state index in [2.05, 4.69) is 18.0 Å². The minimum atomic E-state index is 1.15. The van der Waals surface area contributed by atoms with Crippen molar-refractivity contribution in [3.05, 3.63) is 11.8 Å². The third-order valence-corrected chi connectivity index (χ3v) is 1.31. The fourth-order valence-corrected chi connectivity index (χ4v) is 0.893. The van der Waals surface area contributed by atoms with E-state index in [4.69, 9.17) is 0 Å². The lowest BCUT2D eigenvalue weighted by Crippen LogP contribution is -1.95. The van der Waals surface area contributed by atoms with Crippen LogP contribution in [0.1, 0.15) is 40.5 Å². The Morgan fingerprint density at radius 1 is 1.30 bits per heavy atom. The standard InChI is InChI=1S/C7H11N.C2H6/c1-6-4-3-5-7(2)8-6;1-2/h4H,3,5H2,1-2H3;1-2H3. The van der Waals surface area contributed by atoms with E-state index in [0.717, 1.165) is 6.42 Å². The Balaban J connectivity index is 0.000000371. The molecule has 0 aliphatic carbocycles. The highest BCUT2D eigenvalue weighted by molar-refractivity contribution is 5.83. The molecule has 1 heterocycles. The van der Waals surface area contributed by atoms with Gasteiger partial charge in [0.25, 0.3) is 0 Å². The molecule has 0 unspecified atom stereocenters. The molecule has 0 aromatic rings. The molecule has 0 fully saturated rings. The van der Waals surface area contributed by atoms with Crippen molar-refractivity contribution in [2.24, 2.45) is 4.99 Å². The van der Waals surface area contributed by atoms with E-state index in [-0.39, 0.29) is 0 Å². The quantitative estimate of drug-likeness (QED) is 0.489. The third-order valence-electron chi connectivity index (χ3n) is 1.31. The number of aliphatic imine (C=N–C) groups is 1. The summed E-state index contributed by atoms with van der Waals surface area (Å²) >= 11 is 0. The molecule has 1 aliphatic rings. The Hall–Kier alpha value is -0.590. The van der Waals surface area contributed by atoms with Crippen LogP contribution < -0.4 is 0 Å². The molecule has 0 radical (unpaired) electrons. The van der Waals surface area contributed by atoms with Gasteiger partial charge >= 0.3 is 0 Å². The monoisotopic (exact) mass is 139 g/mol. The van der Waals surface area contributed by atoms with E-state index in [9.17, 15) is 0 Å². The zero-order valence-corrected chi connectivity index (χ0v) is 7.44. The van der Waals surface area contributed by atoms with Gasteiger partial charge in [-0.25, -0.2) is 0 Å².